The van der Waals surface area contributed by atoms with Crippen molar-refractivity contribution in [1.29, 1.82) is 0 Å². The molecule has 8 heteroatoms. The SMILES string of the molecule is COc1ccc(CN2CCc3c(c(C(=O)N4CCNC(=O)CC4)nn3CCc3ccccc3)C2)cc1. The quantitative estimate of drug-likeness (QED) is 0.554. The monoisotopic (exact) mass is 487 g/mol. The van der Waals surface area contributed by atoms with Crippen molar-refractivity contribution in [3.63, 3.8) is 0 Å². The van der Waals surface area contributed by atoms with Gasteiger partial charge in [-0.25, -0.2) is 0 Å². The van der Waals surface area contributed by atoms with Gasteiger partial charge in [-0.15, -0.1) is 0 Å². The lowest BCUT2D eigenvalue weighted by atomic mass is 10.0. The highest BCUT2D eigenvalue weighted by Crippen LogP contribution is 2.26. The second-order valence-corrected chi connectivity index (χ2v) is 9.43. The van der Waals surface area contributed by atoms with Crippen LogP contribution in [0.3, 0.4) is 0 Å². The first-order valence-electron chi connectivity index (χ1n) is 12.6. The predicted octanol–water partition coefficient (Wildman–Crippen LogP) is 2.65. The third-order valence-electron chi connectivity index (χ3n) is 7.04. The molecule has 3 aromatic rings. The number of hydrogen-bond donors (Lipinski definition) is 1. The number of fused-ring (bicyclic) bond motifs is 1. The number of aromatic nitrogens is 2. The lowest BCUT2D eigenvalue weighted by molar-refractivity contribution is -0.120. The summed E-state index contributed by atoms with van der Waals surface area (Å²) in [4.78, 5) is 29.6. The van der Waals surface area contributed by atoms with Crippen LogP contribution in [0.1, 0.15) is 39.3 Å². The standard InChI is InChI=1S/C28H33N5O3/c1-36-23-9-7-22(8-10-23)19-31-15-12-25-24(20-31)27(28(35)32-16-13-26(34)29-14-18-32)30-33(25)17-11-21-5-3-2-4-6-21/h2-10H,11-20H2,1H3,(H,29,34). The van der Waals surface area contributed by atoms with Crippen molar-refractivity contribution in [2.24, 2.45) is 0 Å². The topological polar surface area (TPSA) is 79.7 Å². The van der Waals surface area contributed by atoms with Gasteiger partial charge in [0.2, 0.25) is 5.91 Å². The summed E-state index contributed by atoms with van der Waals surface area (Å²) in [6.45, 7) is 4.53. The Balaban J connectivity index is 1.38. The molecule has 0 radical (unpaired) electrons. The van der Waals surface area contributed by atoms with Gasteiger partial charge in [-0.2, -0.15) is 5.10 Å². The Morgan fingerprint density at radius 1 is 1.00 bits per heavy atom. The van der Waals surface area contributed by atoms with Crippen LogP contribution in [-0.4, -0.2) is 64.7 Å². The minimum absolute atomic E-state index is 0.00798. The number of nitrogens with zero attached hydrogens (tertiary/aromatic N) is 4. The molecular formula is C28H33N5O3. The number of benzene rings is 2. The zero-order chi connectivity index (χ0) is 24.9. The number of carbonyl (C=O) groups is 2. The van der Waals surface area contributed by atoms with Gasteiger partial charge in [0, 0.05) is 69.9 Å². The molecule has 188 valence electrons. The molecule has 1 aromatic heterocycles. The first-order chi connectivity index (χ1) is 17.6. The normalized spacial score (nSPS) is 16.2. The molecule has 0 spiro atoms. The maximum Gasteiger partial charge on any atom is 0.274 e. The fraction of sp³-hybridized carbons (Fsp3) is 0.393. The molecule has 3 heterocycles. The van der Waals surface area contributed by atoms with Gasteiger partial charge in [0.1, 0.15) is 5.75 Å². The Bertz CT molecular complexity index is 1210. The van der Waals surface area contributed by atoms with Gasteiger partial charge >= 0.3 is 0 Å². The zero-order valence-corrected chi connectivity index (χ0v) is 20.8. The highest BCUT2D eigenvalue weighted by molar-refractivity contribution is 5.94. The molecule has 0 atom stereocenters. The van der Waals surface area contributed by atoms with Crippen molar-refractivity contribution < 1.29 is 14.3 Å². The molecule has 1 saturated heterocycles. The molecule has 2 aliphatic heterocycles. The van der Waals surface area contributed by atoms with E-state index in [1.165, 1.54) is 11.1 Å². The van der Waals surface area contributed by atoms with Gasteiger partial charge in [0.15, 0.2) is 5.69 Å². The number of aryl methyl sites for hydroxylation is 2. The molecule has 2 amide bonds. The molecule has 0 bridgehead atoms. The van der Waals surface area contributed by atoms with Crippen molar-refractivity contribution in [1.82, 2.24) is 24.9 Å². The highest BCUT2D eigenvalue weighted by atomic mass is 16.5. The number of carbonyl (C=O) groups excluding carboxylic acids is 2. The Morgan fingerprint density at radius 2 is 1.81 bits per heavy atom. The molecule has 2 aromatic carbocycles. The number of ether oxygens (including phenoxy) is 1. The molecule has 0 unspecified atom stereocenters. The van der Waals surface area contributed by atoms with E-state index in [1.54, 1.807) is 12.0 Å². The van der Waals surface area contributed by atoms with Crippen LogP contribution in [0, 0.1) is 0 Å². The van der Waals surface area contributed by atoms with Crippen molar-refractivity contribution in [2.45, 2.75) is 38.9 Å². The maximum absolute atomic E-state index is 13.6. The predicted molar refractivity (Wildman–Crippen MR) is 137 cm³/mol. The molecule has 8 nitrogen and oxygen atoms in total. The second-order valence-electron chi connectivity index (χ2n) is 9.43. The van der Waals surface area contributed by atoms with Crippen LogP contribution in [0.4, 0.5) is 0 Å². The van der Waals surface area contributed by atoms with E-state index < -0.39 is 0 Å². The summed E-state index contributed by atoms with van der Waals surface area (Å²) in [5.41, 5.74) is 5.18. The van der Waals surface area contributed by atoms with Crippen LogP contribution in [-0.2, 0) is 37.3 Å². The summed E-state index contributed by atoms with van der Waals surface area (Å²) in [5, 5.41) is 7.73. The first kappa shape index (κ1) is 24.1. The Labute approximate surface area is 211 Å². The number of nitrogens with one attached hydrogen (secondary N) is 1. The van der Waals surface area contributed by atoms with Crippen LogP contribution in [0.25, 0.3) is 0 Å². The van der Waals surface area contributed by atoms with Crippen LogP contribution < -0.4 is 10.1 Å². The average Bonchev–Trinajstić information content (AvgIpc) is 3.12. The molecule has 1 fully saturated rings. The van der Waals surface area contributed by atoms with Gasteiger partial charge < -0.3 is 15.0 Å². The molecule has 36 heavy (non-hydrogen) atoms. The minimum Gasteiger partial charge on any atom is -0.497 e. The largest absolute Gasteiger partial charge is 0.497 e. The average molecular weight is 488 g/mol. The third kappa shape index (κ3) is 5.44. The summed E-state index contributed by atoms with van der Waals surface area (Å²) in [7, 11) is 1.67. The van der Waals surface area contributed by atoms with E-state index in [0.29, 0.717) is 38.3 Å². The lowest BCUT2D eigenvalue weighted by Crippen LogP contribution is -2.36. The number of hydrogen-bond acceptors (Lipinski definition) is 5. The fourth-order valence-corrected chi connectivity index (χ4v) is 5.03. The molecule has 1 N–H and O–H groups in total. The van der Waals surface area contributed by atoms with Gasteiger partial charge in [-0.1, -0.05) is 42.5 Å². The minimum atomic E-state index is -0.0764. The Morgan fingerprint density at radius 3 is 2.58 bits per heavy atom. The van der Waals surface area contributed by atoms with Crippen molar-refractivity contribution in [3.05, 3.63) is 82.7 Å². The number of methoxy groups -OCH3 is 1. The highest BCUT2D eigenvalue weighted by Gasteiger charge is 2.31. The van der Waals surface area contributed by atoms with Gasteiger partial charge in [-0.3, -0.25) is 19.2 Å². The van der Waals surface area contributed by atoms with Crippen LogP contribution in [0.2, 0.25) is 0 Å². The van der Waals surface area contributed by atoms with Gasteiger partial charge in [-0.05, 0) is 29.7 Å². The van der Waals surface area contributed by atoms with E-state index in [4.69, 9.17) is 9.84 Å². The summed E-state index contributed by atoms with van der Waals surface area (Å²) in [6, 6.07) is 18.5. The molecule has 2 aliphatic rings. The second kappa shape index (κ2) is 11.0. The van der Waals surface area contributed by atoms with E-state index in [1.807, 2.05) is 22.9 Å². The van der Waals surface area contributed by atoms with E-state index >= 15 is 0 Å². The first-order valence-corrected chi connectivity index (χ1v) is 12.6. The maximum atomic E-state index is 13.6. The number of rotatable bonds is 7. The van der Waals surface area contributed by atoms with Crippen molar-refractivity contribution >= 4 is 11.8 Å². The van der Waals surface area contributed by atoms with E-state index in [9.17, 15) is 9.59 Å². The summed E-state index contributed by atoms with van der Waals surface area (Å²) in [5.74, 6) is 0.761. The van der Waals surface area contributed by atoms with E-state index in [0.717, 1.165) is 49.5 Å². The Kier molecular flexibility index (Phi) is 7.32. The van der Waals surface area contributed by atoms with Crippen LogP contribution >= 0.6 is 0 Å². The van der Waals surface area contributed by atoms with Crippen LogP contribution in [0.15, 0.2) is 54.6 Å². The summed E-state index contributed by atoms with van der Waals surface area (Å²) in [6.07, 6.45) is 2.03. The number of amides is 2. The third-order valence-corrected chi connectivity index (χ3v) is 7.04. The summed E-state index contributed by atoms with van der Waals surface area (Å²) < 4.78 is 7.33. The molecule has 0 aliphatic carbocycles. The van der Waals surface area contributed by atoms with Gasteiger partial charge in [0.25, 0.3) is 5.91 Å². The summed E-state index contributed by atoms with van der Waals surface area (Å²) >= 11 is 0. The van der Waals surface area contributed by atoms with E-state index in [-0.39, 0.29) is 11.8 Å². The molecular weight excluding hydrogens is 454 g/mol. The smallest absolute Gasteiger partial charge is 0.274 e. The van der Waals surface area contributed by atoms with Crippen LogP contribution in [0.5, 0.6) is 5.75 Å². The lowest BCUT2D eigenvalue weighted by Gasteiger charge is -2.28. The van der Waals surface area contributed by atoms with Crippen molar-refractivity contribution in [3.8, 4) is 5.75 Å². The van der Waals surface area contributed by atoms with Gasteiger partial charge in [0.05, 0.1) is 7.11 Å². The fourth-order valence-electron chi connectivity index (χ4n) is 5.03. The zero-order valence-electron chi connectivity index (χ0n) is 20.8. The molecule has 0 saturated carbocycles. The Hall–Kier alpha value is -3.65. The van der Waals surface area contributed by atoms with Crippen molar-refractivity contribution in [2.75, 3.05) is 33.3 Å². The van der Waals surface area contributed by atoms with E-state index in [2.05, 4.69) is 46.6 Å². The molecule has 5 rings (SSSR count).